The first-order chi connectivity index (χ1) is 9.56. The highest BCUT2D eigenvalue weighted by Crippen LogP contribution is 2.35. The fourth-order valence-electron chi connectivity index (χ4n) is 3.35. The second-order valence-electron chi connectivity index (χ2n) is 7.41. The van der Waals surface area contributed by atoms with Crippen LogP contribution in [0.5, 0.6) is 0 Å². The van der Waals surface area contributed by atoms with E-state index in [1.165, 1.54) is 17.9 Å². The molecule has 2 aliphatic heterocycles. The van der Waals surface area contributed by atoms with Gasteiger partial charge in [0.1, 0.15) is 0 Å². The summed E-state index contributed by atoms with van der Waals surface area (Å²) >= 11 is 2.08. The molecule has 1 atom stereocenters. The first kappa shape index (κ1) is 14.7. The SMILES string of the molecule is CC1(C)CCSCC1NC1CCN(C(=O)C2CC2)CC1. The average Bonchev–Trinajstić information content (AvgIpc) is 3.26. The van der Waals surface area contributed by atoms with Crippen molar-refractivity contribution in [3.05, 3.63) is 0 Å². The number of hydrogen-bond acceptors (Lipinski definition) is 3. The summed E-state index contributed by atoms with van der Waals surface area (Å²) in [6.07, 6.45) is 5.84. The second-order valence-corrected chi connectivity index (χ2v) is 8.56. The van der Waals surface area contributed by atoms with Gasteiger partial charge in [0.25, 0.3) is 0 Å². The Bertz CT molecular complexity index is 359. The van der Waals surface area contributed by atoms with E-state index in [4.69, 9.17) is 0 Å². The third-order valence-electron chi connectivity index (χ3n) is 5.29. The van der Waals surface area contributed by atoms with Crippen molar-refractivity contribution < 1.29 is 4.79 Å². The standard InChI is InChI=1S/C16H28N2OS/c1-16(2)7-10-20-11-14(16)17-13-5-8-18(9-6-13)15(19)12-3-4-12/h12-14,17H,3-11H2,1-2H3. The first-order valence-electron chi connectivity index (χ1n) is 8.19. The van der Waals surface area contributed by atoms with Crippen LogP contribution in [-0.4, -0.2) is 47.5 Å². The van der Waals surface area contributed by atoms with Crippen molar-refractivity contribution in [2.45, 2.75) is 58.0 Å². The van der Waals surface area contributed by atoms with E-state index < -0.39 is 0 Å². The summed E-state index contributed by atoms with van der Waals surface area (Å²) in [6, 6.07) is 1.25. The summed E-state index contributed by atoms with van der Waals surface area (Å²) in [5, 5.41) is 3.89. The minimum atomic E-state index is 0.383. The summed E-state index contributed by atoms with van der Waals surface area (Å²) in [5.74, 6) is 3.36. The van der Waals surface area contributed by atoms with Crippen LogP contribution < -0.4 is 5.32 Å². The maximum atomic E-state index is 12.1. The Morgan fingerprint density at radius 2 is 1.90 bits per heavy atom. The molecule has 1 N–H and O–H groups in total. The molecule has 0 bridgehead atoms. The maximum Gasteiger partial charge on any atom is 0.225 e. The molecule has 3 rings (SSSR count). The second kappa shape index (κ2) is 5.88. The molecule has 20 heavy (non-hydrogen) atoms. The van der Waals surface area contributed by atoms with Crippen molar-refractivity contribution in [2.24, 2.45) is 11.3 Å². The zero-order valence-corrected chi connectivity index (χ0v) is 13.7. The predicted molar refractivity (Wildman–Crippen MR) is 85.0 cm³/mol. The molecule has 4 heteroatoms. The zero-order chi connectivity index (χ0) is 14.2. The van der Waals surface area contributed by atoms with Crippen LogP contribution >= 0.6 is 11.8 Å². The number of piperidine rings is 1. The van der Waals surface area contributed by atoms with E-state index in [-0.39, 0.29) is 0 Å². The van der Waals surface area contributed by atoms with E-state index in [1.54, 1.807) is 0 Å². The van der Waals surface area contributed by atoms with Gasteiger partial charge in [-0.25, -0.2) is 0 Å². The molecule has 3 nitrogen and oxygen atoms in total. The molecular weight excluding hydrogens is 268 g/mol. The van der Waals surface area contributed by atoms with Crippen LogP contribution in [0.15, 0.2) is 0 Å². The predicted octanol–water partition coefficient (Wildman–Crippen LogP) is 2.51. The molecule has 0 aromatic heterocycles. The highest BCUT2D eigenvalue weighted by atomic mass is 32.2. The van der Waals surface area contributed by atoms with Crippen molar-refractivity contribution in [1.29, 1.82) is 0 Å². The van der Waals surface area contributed by atoms with Crippen molar-refractivity contribution in [3.63, 3.8) is 0 Å². The van der Waals surface area contributed by atoms with Crippen LogP contribution in [0, 0.1) is 11.3 Å². The molecule has 2 saturated heterocycles. The van der Waals surface area contributed by atoms with E-state index in [0.717, 1.165) is 38.8 Å². The Hall–Kier alpha value is -0.220. The largest absolute Gasteiger partial charge is 0.342 e. The summed E-state index contributed by atoms with van der Waals surface area (Å²) in [7, 11) is 0. The Morgan fingerprint density at radius 1 is 1.20 bits per heavy atom. The molecule has 3 aliphatic rings. The molecule has 0 radical (unpaired) electrons. The molecule has 2 heterocycles. The zero-order valence-electron chi connectivity index (χ0n) is 12.9. The Kier molecular flexibility index (Phi) is 4.32. The number of nitrogens with zero attached hydrogens (tertiary/aromatic N) is 1. The number of carbonyl (C=O) groups is 1. The molecule has 3 fully saturated rings. The minimum Gasteiger partial charge on any atom is -0.342 e. The van der Waals surface area contributed by atoms with Crippen molar-refractivity contribution in [2.75, 3.05) is 24.6 Å². The van der Waals surface area contributed by atoms with E-state index >= 15 is 0 Å². The summed E-state index contributed by atoms with van der Waals surface area (Å²) in [4.78, 5) is 14.2. The van der Waals surface area contributed by atoms with Crippen LogP contribution in [0.3, 0.4) is 0 Å². The number of carbonyl (C=O) groups excluding carboxylic acids is 1. The van der Waals surface area contributed by atoms with Gasteiger partial charge in [-0.2, -0.15) is 11.8 Å². The van der Waals surface area contributed by atoms with E-state index in [1.807, 2.05) is 0 Å². The first-order valence-corrected chi connectivity index (χ1v) is 9.34. The Morgan fingerprint density at radius 3 is 2.50 bits per heavy atom. The van der Waals surface area contributed by atoms with Crippen molar-refractivity contribution in [3.8, 4) is 0 Å². The summed E-state index contributed by atoms with van der Waals surface area (Å²) in [5.41, 5.74) is 0.423. The number of likely N-dealkylation sites (tertiary alicyclic amines) is 1. The number of thioether (sulfide) groups is 1. The van der Waals surface area contributed by atoms with Crippen LogP contribution in [0.2, 0.25) is 0 Å². The van der Waals surface area contributed by atoms with Gasteiger partial charge in [0.2, 0.25) is 5.91 Å². The van der Waals surface area contributed by atoms with Crippen molar-refractivity contribution >= 4 is 17.7 Å². The lowest BCUT2D eigenvalue weighted by atomic mass is 9.81. The highest BCUT2D eigenvalue weighted by molar-refractivity contribution is 7.99. The molecule has 1 saturated carbocycles. The van der Waals surface area contributed by atoms with Gasteiger partial charge in [-0.15, -0.1) is 0 Å². The van der Waals surface area contributed by atoms with Gasteiger partial charge in [-0.3, -0.25) is 4.79 Å². The number of rotatable bonds is 3. The molecule has 1 unspecified atom stereocenters. The molecular formula is C16H28N2OS. The fraction of sp³-hybridized carbons (Fsp3) is 0.938. The summed E-state index contributed by atoms with van der Waals surface area (Å²) < 4.78 is 0. The fourth-order valence-corrected chi connectivity index (χ4v) is 4.97. The van der Waals surface area contributed by atoms with Gasteiger partial charge in [-0.05, 0) is 43.3 Å². The third-order valence-corrected chi connectivity index (χ3v) is 6.35. The smallest absolute Gasteiger partial charge is 0.225 e. The normalized spacial score (nSPS) is 31.3. The van der Waals surface area contributed by atoms with Gasteiger partial charge in [-0.1, -0.05) is 13.8 Å². The number of hydrogen-bond donors (Lipinski definition) is 1. The molecule has 1 aliphatic carbocycles. The van der Waals surface area contributed by atoms with E-state index in [9.17, 15) is 4.79 Å². The molecule has 0 aromatic rings. The lowest BCUT2D eigenvalue weighted by molar-refractivity contribution is -0.133. The quantitative estimate of drug-likeness (QED) is 0.868. The summed E-state index contributed by atoms with van der Waals surface area (Å²) in [6.45, 7) is 6.73. The van der Waals surface area contributed by atoms with Crippen molar-refractivity contribution in [1.82, 2.24) is 10.2 Å². The molecule has 1 amide bonds. The lowest BCUT2D eigenvalue weighted by Gasteiger charge is -2.42. The Labute approximate surface area is 127 Å². The molecule has 0 spiro atoms. The van der Waals surface area contributed by atoms with Crippen LogP contribution in [-0.2, 0) is 4.79 Å². The maximum absolute atomic E-state index is 12.1. The highest BCUT2D eigenvalue weighted by Gasteiger charge is 2.37. The molecule has 114 valence electrons. The topological polar surface area (TPSA) is 32.3 Å². The van der Waals surface area contributed by atoms with E-state index in [2.05, 4.69) is 35.8 Å². The van der Waals surface area contributed by atoms with Crippen LogP contribution in [0.1, 0.15) is 46.0 Å². The molecule has 0 aromatic carbocycles. The van der Waals surface area contributed by atoms with Crippen LogP contribution in [0.25, 0.3) is 0 Å². The van der Waals surface area contributed by atoms with Gasteiger partial charge in [0.05, 0.1) is 0 Å². The monoisotopic (exact) mass is 296 g/mol. The third kappa shape index (κ3) is 3.33. The minimum absolute atomic E-state index is 0.383. The van der Waals surface area contributed by atoms with Gasteiger partial charge in [0, 0.05) is 36.8 Å². The van der Waals surface area contributed by atoms with Gasteiger partial charge in [0.15, 0.2) is 0 Å². The van der Waals surface area contributed by atoms with Crippen LogP contribution in [0.4, 0.5) is 0 Å². The number of amides is 1. The lowest BCUT2D eigenvalue weighted by Crippen LogP contribution is -2.54. The van der Waals surface area contributed by atoms with Gasteiger partial charge >= 0.3 is 0 Å². The van der Waals surface area contributed by atoms with Gasteiger partial charge < -0.3 is 10.2 Å². The van der Waals surface area contributed by atoms with E-state index in [0.29, 0.717) is 29.3 Å². The Balaban J connectivity index is 1.47. The average molecular weight is 296 g/mol. The number of nitrogens with one attached hydrogen (secondary N) is 1.